The van der Waals surface area contributed by atoms with Crippen molar-refractivity contribution in [3.05, 3.63) is 24.0 Å². The Hall–Kier alpha value is -1.80. The Kier molecular flexibility index (Phi) is 4.96. The maximum atomic E-state index is 12.4. The maximum Gasteiger partial charge on any atom is 0.573 e. The number of halogens is 3. The molecule has 24 heavy (non-hydrogen) atoms. The Morgan fingerprint density at radius 1 is 1.38 bits per heavy atom. The van der Waals surface area contributed by atoms with Gasteiger partial charge in [-0.3, -0.25) is 0 Å². The van der Waals surface area contributed by atoms with Gasteiger partial charge in [-0.2, -0.15) is 0 Å². The van der Waals surface area contributed by atoms with E-state index in [1.807, 2.05) is 4.57 Å². The van der Waals surface area contributed by atoms with Crippen molar-refractivity contribution in [1.82, 2.24) is 9.55 Å². The predicted octanol–water partition coefficient (Wildman–Crippen LogP) is 3.16. The Bertz CT molecular complexity index is 694. The largest absolute Gasteiger partial charge is 0.573 e. The quantitative estimate of drug-likeness (QED) is 0.808. The normalized spacial score (nSPS) is 18.4. The molecule has 0 bridgehead atoms. The molecular formula is C16H19F3N2O3. The van der Waals surface area contributed by atoms with Crippen LogP contribution in [0.15, 0.2) is 18.2 Å². The van der Waals surface area contributed by atoms with Crippen LogP contribution >= 0.6 is 0 Å². The van der Waals surface area contributed by atoms with Crippen LogP contribution in [0.1, 0.15) is 12.2 Å². The minimum atomic E-state index is -4.71. The van der Waals surface area contributed by atoms with E-state index >= 15 is 0 Å². The van der Waals surface area contributed by atoms with E-state index in [1.165, 1.54) is 12.1 Å². The number of rotatable bonds is 6. The van der Waals surface area contributed by atoms with Gasteiger partial charge in [0.15, 0.2) is 0 Å². The SMILES string of the molecule is COCCn1c(C[C@H]2CCOC2)nc2cc(OC(F)(F)F)ccc21. The van der Waals surface area contributed by atoms with Gasteiger partial charge in [-0.25, -0.2) is 4.98 Å². The molecule has 1 aliphatic rings. The summed E-state index contributed by atoms with van der Waals surface area (Å²) < 4.78 is 53.7. The van der Waals surface area contributed by atoms with Crippen molar-refractivity contribution in [2.24, 2.45) is 5.92 Å². The average molecular weight is 344 g/mol. The van der Waals surface area contributed by atoms with Gasteiger partial charge < -0.3 is 18.8 Å². The summed E-state index contributed by atoms with van der Waals surface area (Å²) in [7, 11) is 1.61. The molecule has 0 unspecified atom stereocenters. The molecule has 0 N–H and O–H groups in total. The van der Waals surface area contributed by atoms with Gasteiger partial charge in [0.05, 0.1) is 17.6 Å². The van der Waals surface area contributed by atoms with Crippen LogP contribution in [0, 0.1) is 5.92 Å². The summed E-state index contributed by atoms with van der Waals surface area (Å²) in [6, 6.07) is 4.23. The smallest absolute Gasteiger partial charge is 0.406 e. The van der Waals surface area contributed by atoms with Gasteiger partial charge in [-0.15, -0.1) is 13.2 Å². The molecule has 0 radical (unpaired) electrons. The molecule has 0 saturated carbocycles. The third-order valence-electron chi connectivity index (χ3n) is 4.05. The zero-order valence-corrected chi connectivity index (χ0v) is 13.3. The van der Waals surface area contributed by atoms with E-state index in [-0.39, 0.29) is 5.75 Å². The molecular weight excluding hydrogens is 325 g/mol. The van der Waals surface area contributed by atoms with Gasteiger partial charge in [0.1, 0.15) is 11.6 Å². The van der Waals surface area contributed by atoms with Crippen molar-refractivity contribution in [3.63, 3.8) is 0 Å². The summed E-state index contributed by atoms with van der Waals surface area (Å²) in [5, 5.41) is 0. The number of fused-ring (bicyclic) bond motifs is 1. The van der Waals surface area contributed by atoms with Gasteiger partial charge in [0.25, 0.3) is 0 Å². The average Bonchev–Trinajstić information content (AvgIpc) is 3.11. The van der Waals surface area contributed by atoms with Crippen molar-refractivity contribution < 1.29 is 27.4 Å². The van der Waals surface area contributed by atoms with Gasteiger partial charge in [0.2, 0.25) is 0 Å². The Labute approximate surface area is 137 Å². The van der Waals surface area contributed by atoms with E-state index < -0.39 is 6.36 Å². The summed E-state index contributed by atoms with van der Waals surface area (Å²) >= 11 is 0. The zero-order chi connectivity index (χ0) is 17.2. The number of nitrogens with zero attached hydrogens (tertiary/aromatic N) is 2. The predicted molar refractivity (Wildman–Crippen MR) is 80.9 cm³/mol. The number of aromatic nitrogens is 2. The van der Waals surface area contributed by atoms with Crippen LogP contribution in [-0.2, 0) is 22.4 Å². The molecule has 1 atom stereocenters. The molecule has 0 amide bonds. The fraction of sp³-hybridized carbons (Fsp3) is 0.562. The van der Waals surface area contributed by atoms with Gasteiger partial charge >= 0.3 is 6.36 Å². The first-order valence-electron chi connectivity index (χ1n) is 7.78. The van der Waals surface area contributed by atoms with Crippen LogP contribution in [0.5, 0.6) is 5.75 Å². The summed E-state index contributed by atoms with van der Waals surface area (Å²) in [5.74, 6) is 0.956. The number of alkyl halides is 3. The van der Waals surface area contributed by atoms with Crippen molar-refractivity contribution in [3.8, 4) is 5.75 Å². The maximum absolute atomic E-state index is 12.4. The van der Waals surface area contributed by atoms with E-state index in [2.05, 4.69) is 9.72 Å². The van der Waals surface area contributed by atoms with Crippen molar-refractivity contribution in [2.75, 3.05) is 26.9 Å². The highest BCUT2D eigenvalue weighted by atomic mass is 19.4. The van der Waals surface area contributed by atoms with E-state index in [0.717, 1.165) is 30.8 Å². The van der Waals surface area contributed by atoms with Crippen LogP contribution in [0.2, 0.25) is 0 Å². The molecule has 1 aromatic heterocycles. The van der Waals surface area contributed by atoms with Gasteiger partial charge in [-0.05, 0) is 24.5 Å². The van der Waals surface area contributed by atoms with Crippen LogP contribution < -0.4 is 4.74 Å². The molecule has 132 valence electrons. The van der Waals surface area contributed by atoms with E-state index in [4.69, 9.17) is 9.47 Å². The standard InChI is InChI=1S/C16H19F3N2O3/c1-22-7-5-21-14-3-2-12(24-16(17,18)19)9-13(14)20-15(21)8-11-4-6-23-10-11/h2-3,9,11H,4-8,10H2,1H3/t11-/m1/s1. The number of ether oxygens (including phenoxy) is 3. The second-order valence-electron chi connectivity index (χ2n) is 5.80. The van der Waals surface area contributed by atoms with Gasteiger partial charge in [-0.1, -0.05) is 0 Å². The molecule has 1 aromatic carbocycles. The lowest BCUT2D eigenvalue weighted by molar-refractivity contribution is -0.274. The minimum absolute atomic E-state index is 0.262. The number of hydrogen-bond donors (Lipinski definition) is 0. The molecule has 5 nitrogen and oxygen atoms in total. The van der Waals surface area contributed by atoms with E-state index in [1.54, 1.807) is 13.2 Å². The molecule has 2 aromatic rings. The molecule has 8 heteroatoms. The van der Waals surface area contributed by atoms with Crippen molar-refractivity contribution >= 4 is 11.0 Å². The van der Waals surface area contributed by atoms with Crippen LogP contribution in [0.4, 0.5) is 13.2 Å². The fourth-order valence-corrected chi connectivity index (χ4v) is 2.95. The third-order valence-corrected chi connectivity index (χ3v) is 4.05. The topological polar surface area (TPSA) is 45.5 Å². The second-order valence-corrected chi connectivity index (χ2v) is 5.80. The molecule has 1 aliphatic heterocycles. The van der Waals surface area contributed by atoms with Crippen molar-refractivity contribution in [1.29, 1.82) is 0 Å². The first-order valence-corrected chi connectivity index (χ1v) is 7.78. The van der Waals surface area contributed by atoms with E-state index in [9.17, 15) is 13.2 Å². The lowest BCUT2D eigenvalue weighted by Gasteiger charge is -2.11. The molecule has 1 fully saturated rings. The highest BCUT2D eigenvalue weighted by Crippen LogP contribution is 2.28. The summed E-state index contributed by atoms with van der Waals surface area (Å²) in [6.07, 6.45) is -3.01. The number of hydrogen-bond acceptors (Lipinski definition) is 4. The molecule has 1 saturated heterocycles. The molecule has 0 aliphatic carbocycles. The summed E-state index contributed by atoms with van der Waals surface area (Å²) in [5.41, 5.74) is 1.26. The lowest BCUT2D eigenvalue weighted by Crippen LogP contribution is -2.17. The van der Waals surface area contributed by atoms with Crippen LogP contribution in [0.25, 0.3) is 11.0 Å². The Balaban J connectivity index is 1.92. The molecule has 0 spiro atoms. The summed E-state index contributed by atoms with van der Waals surface area (Å²) in [4.78, 5) is 4.52. The number of benzene rings is 1. The number of imidazole rings is 1. The first kappa shape index (κ1) is 17.0. The minimum Gasteiger partial charge on any atom is -0.406 e. The van der Waals surface area contributed by atoms with E-state index in [0.29, 0.717) is 31.2 Å². The first-order chi connectivity index (χ1) is 11.5. The second kappa shape index (κ2) is 6.98. The summed E-state index contributed by atoms with van der Waals surface area (Å²) in [6.45, 7) is 2.53. The molecule has 3 rings (SSSR count). The fourth-order valence-electron chi connectivity index (χ4n) is 2.95. The lowest BCUT2D eigenvalue weighted by atomic mass is 10.1. The third kappa shape index (κ3) is 3.99. The van der Waals surface area contributed by atoms with Crippen LogP contribution in [-0.4, -0.2) is 42.8 Å². The molecule has 2 heterocycles. The van der Waals surface area contributed by atoms with Gasteiger partial charge in [0, 0.05) is 39.4 Å². The number of methoxy groups -OCH3 is 1. The highest BCUT2D eigenvalue weighted by Gasteiger charge is 2.31. The Morgan fingerprint density at radius 2 is 2.21 bits per heavy atom. The Morgan fingerprint density at radius 3 is 2.88 bits per heavy atom. The van der Waals surface area contributed by atoms with Crippen LogP contribution in [0.3, 0.4) is 0 Å². The highest BCUT2D eigenvalue weighted by molar-refractivity contribution is 5.77. The zero-order valence-electron chi connectivity index (χ0n) is 13.3. The monoisotopic (exact) mass is 344 g/mol. The van der Waals surface area contributed by atoms with Crippen molar-refractivity contribution in [2.45, 2.75) is 25.7 Å².